The quantitative estimate of drug-likeness (QED) is 0.531. The summed E-state index contributed by atoms with van der Waals surface area (Å²) in [6, 6.07) is 22.8. The molecule has 0 saturated heterocycles. The van der Waals surface area contributed by atoms with Crippen molar-refractivity contribution in [2.24, 2.45) is 0 Å². The molecule has 5 heteroatoms. The fourth-order valence-electron chi connectivity index (χ4n) is 2.25. The van der Waals surface area contributed by atoms with Gasteiger partial charge in [-0.25, -0.2) is 5.48 Å². The third kappa shape index (κ3) is 4.89. The Hall–Kier alpha value is -3.18. The molecule has 0 fully saturated rings. The van der Waals surface area contributed by atoms with Gasteiger partial charge in [0.15, 0.2) is 0 Å². The molecular weight excluding hydrogens is 316 g/mol. The lowest BCUT2D eigenvalue weighted by atomic mass is 10.1. The SMILES string of the molecule is O=C(NOCCOc1ccccc1)c1cc(-c2ccccc2)ccn1. The second-order valence-electron chi connectivity index (χ2n) is 5.24. The fraction of sp³-hybridized carbons (Fsp3) is 0.100. The van der Waals surface area contributed by atoms with E-state index >= 15 is 0 Å². The Labute approximate surface area is 146 Å². The van der Waals surface area contributed by atoms with Gasteiger partial charge in [0, 0.05) is 6.20 Å². The van der Waals surface area contributed by atoms with E-state index in [1.807, 2.05) is 66.7 Å². The Morgan fingerprint density at radius 1 is 0.880 bits per heavy atom. The number of hydrogen-bond acceptors (Lipinski definition) is 4. The third-order valence-electron chi connectivity index (χ3n) is 3.46. The summed E-state index contributed by atoms with van der Waals surface area (Å²) in [6.45, 7) is 0.570. The highest BCUT2D eigenvalue weighted by molar-refractivity contribution is 5.92. The first-order valence-electron chi connectivity index (χ1n) is 7.94. The Morgan fingerprint density at radius 2 is 1.60 bits per heavy atom. The van der Waals surface area contributed by atoms with Crippen molar-refractivity contribution in [1.82, 2.24) is 10.5 Å². The van der Waals surface area contributed by atoms with Crippen LogP contribution in [0.25, 0.3) is 11.1 Å². The predicted molar refractivity (Wildman–Crippen MR) is 95.0 cm³/mol. The highest BCUT2D eigenvalue weighted by Crippen LogP contribution is 2.18. The number of benzene rings is 2. The highest BCUT2D eigenvalue weighted by atomic mass is 16.7. The minimum absolute atomic E-state index is 0.235. The summed E-state index contributed by atoms with van der Waals surface area (Å²) in [4.78, 5) is 21.4. The van der Waals surface area contributed by atoms with Crippen molar-refractivity contribution < 1.29 is 14.4 Å². The number of rotatable bonds is 7. The van der Waals surface area contributed by atoms with Crippen LogP contribution in [-0.2, 0) is 4.84 Å². The van der Waals surface area contributed by atoms with Crippen LogP contribution in [0.4, 0.5) is 0 Å². The van der Waals surface area contributed by atoms with Gasteiger partial charge in [0.1, 0.15) is 24.7 Å². The number of para-hydroxylation sites is 1. The molecule has 0 aliphatic heterocycles. The van der Waals surface area contributed by atoms with Gasteiger partial charge in [0.25, 0.3) is 5.91 Å². The topological polar surface area (TPSA) is 60.5 Å². The molecule has 0 unspecified atom stereocenters. The zero-order valence-electron chi connectivity index (χ0n) is 13.6. The smallest absolute Gasteiger partial charge is 0.293 e. The molecule has 0 aliphatic rings. The Morgan fingerprint density at radius 3 is 2.36 bits per heavy atom. The van der Waals surface area contributed by atoms with E-state index < -0.39 is 5.91 Å². The van der Waals surface area contributed by atoms with Gasteiger partial charge in [-0.1, -0.05) is 48.5 Å². The van der Waals surface area contributed by atoms with E-state index in [1.54, 1.807) is 12.3 Å². The van der Waals surface area contributed by atoms with Crippen molar-refractivity contribution in [3.63, 3.8) is 0 Å². The Balaban J connectivity index is 1.48. The third-order valence-corrected chi connectivity index (χ3v) is 3.46. The number of nitrogens with one attached hydrogen (secondary N) is 1. The number of carbonyl (C=O) groups is 1. The summed E-state index contributed by atoms with van der Waals surface area (Å²) >= 11 is 0. The molecule has 2 aromatic carbocycles. The predicted octanol–water partition coefficient (Wildman–Crippen LogP) is 3.49. The first kappa shape index (κ1) is 16.7. The van der Waals surface area contributed by atoms with Crippen LogP contribution >= 0.6 is 0 Å². The molecule has 5 nitrogen and oxygen atoms in total. The van der Waals surface area contributed by atoms with Crippen LogP contribution in [0.2, 0.25) is 0 Å². The molecule has 0 bridgehead atoms. The molecule has 0 saturated carbocycles. The molecule has 1 heterocycles. The molecule has 1 aromatic heterocycles. The lowest BCUT2D eigenvalue weighted by molar-refractivity contribution is 0.0196. The summed E-state index contributed by atoms with van der Waals surface area (Å²) in [7, 11) is 0. The molecule has 25 heavy (non-hydrogen) atoms. The van der Waals surface area contributed by atoms with Crippen LogP contribution in [0, 0.1) is 0 Å². The number of amides is 1. The van der Waals surface area contributed by atoms with Crippen molar-refractivity contribution >= 4 is 5.91 Å². The fourth-order valence-corrected chi connectivity index (χ4v) is 2.25. The monoisotopic (exact) mass is 334 g/mol. The average Bonchev–Trinajstić information content (AvgIpc) is 2.69. The van der Waals surface area contributed by atoms with Crippen molar-refractivity contribution in [3.8, 4) is 16.9 Å². The Kier molecular flexibility index (Phi) is 5.74. The zero-order chi connectivity index (χ0) is 17.3. The molecular formula is C20H18N2O3. The van der Waals surface area contributed by atoms with Gasteiger partial charge >= 0.3 is 0 Å². The van der Waals surface area contributed by atoms with Gasteiger partial charge in [0.05, 0.1) is 0 Å². The van der Waals surface area contributed by atoms with E-state index in [-0.39, 0.29) is 6.61 Å². The molecule has 126 valence electrons. The van der Waals surface area contributed by atoms with Crippen LogP contribution < -0.4 is 10.2 Å². The number of aromatic nitrogens is 1. The van der Waals surface area contributed by atoms with Crippen molar-refractivity contribution in [2.75, 3.05) is 13.2 Å². The van der Waals surface area contributed by atoms with E-state index in [4.69, 9.17) is 9.57 Å². The first-order chi connectivity index (χ1) is 12.3. The van der Waals surface area contributed by atoms with E-state index in [0.717, 1.165) is 16.9 Å². The van der Waals surface area contributed by atoms with Gasteiger partial charge in [-0.3, -0.25) is 14.6 Å². The van der Waals surface area contributed by atoms with E-state index in [0.29, 0.717) is 12.3 Å². The highest BCUT2D eigenvalue weighted by Gasteiger charge is 2.08. The second-order valence-corrected chi connectivity index (χ2v) is 5.24. The maximum atomic E-state index is 12.1. The zero-order valence-corrected chi connectivity index (χ0v) is 13.6. The first-order valence-corrected chi connectivity index (χ1v) is 7.94. The molecule has 0 atom stereocenters. The minimum atomic E-state index is -0.391. The lowest BCUT2D eigenvalue weighted by Gasteiger charge is -2.08. The van der Waals surface area contributed by atoms with Crippen molar-refractivity contribution in [3.05, 3.63) is 84.7 Å². The summed E-state index contributed by atoms with van der Waals surface area (Å²) in [5.41, 5.74) is 4.63. The van der Waals surface area contributed by atoms with Crippen molar-refractivity contribution in [2.45, 2.75) is 0 Å². The normalized spacial score (nSPS) is 10.2. The largest absolute Gasteiger partial charge is 0.491 e. The maximum absolute atomic E-state index is 12.1. The average molecular weight is 334 g/mol. The lowest BCUT2D eigenvalue weighted by Crippen LogP contribution is -2.26. The van der Waals surface area contributed by atoms with E-state index in [9.17, 15) is 4.79 Å². The number of ether oxygens (including phenoxy) is 1. The van der Waals surface area contributed by atoms with Crippen LogP contribution in [0.5, 0.6) is 5.75 Å². The van der Waals surface area contributed by atoms with Gasteiger partial charge in [0.2, 0.25) is 0 Å². The van der Waals surface area contributed by atoms with E-state index in [1.165, 1.54) is 0 Å². The summed E-state index contributed by atoms with van der Waals surface area (Å²) < 4.78 is 5.48. The van der Waals surface area contributed by atoms with Crippen LogP contribution in [0.3, 0.4) is 0 Å². The van der Waals surface area contributed by atoms with Gasteiger partial charge < -0.3 is 4.74 Å². The number of carbonyl (C=O) groups excluding carboxylic acids is 1. The maximum Gasteiger partial charge on any atom is 0.293 e. The molecule has 1 amide bonds. The number of pyridine rings is 1. The van der Waals surface area contributed by atoms with Crippen LogP contribution in [-0.4, -0.2) is 24.1 Å². The van der Waals surface area contributed by atoms with Gasteiger partial charge in [-0.15, -0.1) is 0 Å². The molecule has 0 aliphatic carbocycles. The second kappa shape index (κ2) is 8.61. The molecule has 3 aromatic rings. The summed E-state index contributed by atoms with van der Waals surface area (Å²) in [5, 5.41) is 0. The van der Waals surface area contributed by atoms with E-state index in [2.05, 4.69) is 10.5 Å². The molecule has 0 spiro atoms. The van der Waals surface area contributed by atoms with Gasteiger partial charge in [-0.2, -0.15) is 0 Å². The van der Waals surface area contributed by atoms with Gasteiger partial charge in [-0.05, 0) is 35.4 Å². The van der Waals surface area contributed by atoms with Crippen molar-refractivity contribution in [1.29, 1.82) is 0 Å². The molecule has 0 radical (unpaired) electrons. The minimum Gasteiger partial charge on any atom is -0.491 e. The number of nitrogens with zero attached hydrogens (tertiary/aromatic N) is 1. The standard InChI is InChI=1S/C20H18N2O3/c23-20(22-25-14-13-24-18-9-5-2-6-10-18)19-15-17(11-12-21-19)16-7-3-1-4-8-16/h1-12,15H,13-14H2,(H,22,23). The summed E-state index contributed by atoms with van der Waals surface area (Å²) in [6.07, 6.45) is 1.61. The number of hydroxylamine groups is 1. The molecule has 3 rings (SSSR count). The summed E-state index contributed by atoms with van der Waals surface area (Å²) in [5.74, 6) is 0.368. The molecule has 1 N–H and O–H groups in total. The van der Waals surface area contributed by atoms with Crippen LogP contribution in [0.1, 0.15) is 10.5 Å². The van der Waals surface area contributed by atoms with Crippen LogP contribution in [0.15, 0.2) is 79.0 Å². The number of hydrogen-bond donors (Lipinski definition) is 1. The Bertz CT molecular complexity index is 807.